The van der Waals surface area contributed by atoms with Crippen molar-refractivity contribution >= 4 is 28.3 Å². The van der Waals surface area contributed by atoms with E-state index in [4.69, 9.17) is 9.47 Å². The summed E-state index contributed by atoms with van der Waals surface area (Å²) in [5.41, 5.74) is 1.13. The van der Waals surface area contributed by atoms with Crippen molar-refractivity contribution in [2.24, 2.45) is 0 Å². The van der Waals surface area contributed by atoms with Crippen molar-refractivity contribution in [3.8, 4) is 5.75 Å². The normalized spacial score (nSPS) is 14.5. The minimum atomic E-state index is -0.521. The second-order valence-corrected chi connectivity index (χ2v) is 7.53. The van der Waals surface area contributed by atoms with Gasteiger partial charge in [0.2, 0.25) is 5.91 Å². The Morgan fingerprint density at radius 2 is 1.93 bits per heavy atom. The lowest BCUT2D eigenvalue weighted by Crippen LogP contribution is -2.27. The van der Waals surface area contributed by atoms with E-state index in [2.05, 4.69) is 10.3 Å². The van der Waals surface area contributed by atoms with Gasteiger partial charge in [0.25, 0.3) is 0 Å². The lowest BCUT2D eigenvalue weighted by Gasteiger charge is -2.15. The number of rotatable bonds is 8. The summed E-state index contributed by atoms with van der Waals surface area (Å²) >= 11 is 1.18. The molecule has 1 aliphatic rings. The van der Waals surface area contributed by atoms with Crippen molar-refractivity contribution in [1.29, 1.82) is 0 Å². The molecule has 0 radical (unpaired) electrons. The van der Waals surface area contributed by atoms with E-state index in [1.54, 1.807) is 14.0 Å². The van der Waals surface area contributed by atoms with E-state index in [0.29, 0.717) is 28.7 Å². The van der Waals surface area contributed by atoms with Gasteiger partial charge in [-0.1, -0.05) is 36.8 Å². The molecule has 1 aromatic heterocycles. The van der Waals surface area contributed by atoms with Crippen LogP contribution in [-0.2, 0) is 21.4 Å². The van der Waals surface area contributed by atoms with Crippen molar-refractivity contribution in [2.75, 3.05) is 19.0 Å². The molecule has 0 aliphatic heterocycles. The van der Waals surface area contributed by atoms with Gasteiger partial charge in [0.1, 0.15) is 10.6 Å². The van der Waals surface area contributed by atoms with Gasteiger partial charge in [-0.3, -0.25) is 4.79 Å². The number of aromatic nitrogens is 1. The number of hydrogen-bond donors (Lipinski definition) is 1. The third-order valence-corrected chi connectivity index (χ3v) is 5.69. The second-order valence-electron chi connectivity index (χ2n) is 6.53. The Morgan fingerprint density at radius 1 is 1.22 bits per heavy atom. The number of ether oxygens (including phenoxy) is 2. The van der Waals surface area contributed by atoms with E-state index < -0.39 is 5.41 Å². The fourth-order valence-electron chi connectivity index (χ4n) is 3.07. The van der Waals surface area contributed by atoms with Crippen LogP contribution in [-0.4, -0.2) is 30.6 Å². The molecule has 0 unspecified atom stereocenters. The monoisotopic (exact) mass is 388 g/mol. The minimum absolute atomic E-state index is 0.0834. The molecule has 6 nitrogen and oxygen atoms in total. The van der Waals surface area contributed by atoms with E-state index in [9.17, 15) is 9.59 Å². The van der Waals surface area contributed by atoms with Crippen LogP contribution >= 0.6 is 11.3 Å². The van der Waals surface area contributed by atoms with Crippen LogP contribution in [0.3, 0.4) is 0 Å². The molecule has 3 rings (SSSR count). The highest BCUT2D eigenvalue weighted by Crippen LogP contribution is 2.49. The van der Waals surface area contributed by atoms with Crippen LogP contribution in [0.4, 0.5) is 5.13 Å². The lowest BCUT2D eigenvalue weighted by atomic mass is 9.95. The van der Waals surface area contributed by atoms with Crippen LogP contribution in [0.2, 0.25) is 0 Å². The molecule has 1 heterocycles. The van der Waals surface area contributed by atoms with Gasteiger partial charge in [-0.2, -0.15) is 0 Å². The van der Waals surface area contributed by atoms with Crippen LogP contribution in [0, 0.1) is 0 Å². The number of methoxy groups -OCH3 is 1. The van der Waals surface area contributed by atoms with Gasteiger partial charge < -0.3 is 14.8 Å². The molecule has 1 aliphatic carbocycles. The molecule has 7 heteroatoms. The molecule has 0 spiro atoms. The smallest absolute Gasteiger partial charge is 0.350 e. The zero-order valence-electron chi connectivity index (χ0n) is 15.8. The van der Waals surface area contributed by atoms with Gasteiger partial charge in [0, 0.05) is 0 Å². The summed E-state index contributed by atoms with van der Waals surface area (Å²) in [4.78, 5) is 30.0. The van der Waals surface area contributed by atoms with Gasteiger partial charge >= 0.3 is 5.97 Å². The largest absolute Gasteiger partial charge is 0.497 e. The average Bonchev–Trinajstić information content (AvgIpc) is 3.39. The van der Waals surface area contributed by atoms with E-state index >= 15 is 0 Å². The SMILES string of the molecule is CCCc1nc(NC(=O)C2(c3ccc(OC)cc3)CC2)sc1C(=O)OCC. The summed E-state index contributed by atoms with van der Waals surface area (Å²) in [6, 6.07) is 7.59. The Labute approximate surface area is 162 Å². The number of anilines is 1. The van der Waals surface area contributed by atoms with E-state index in [1.165, 1.54) is 11.3 Å². The average molecular weight is 388 g/mol. The maximum Gasteiger partial charge on any atom is 0.350 e. The molecule has 27 heavy (non-hydrogen) atoms. The van der Waals surface area contributed by atoms with Crippen molar-refractivity contribution in [2.45, 2.75) is 44.9 Å². The van der Waals surface area contributed by atoms with Gasteiger partial charge in [-0.25, -0.2) is 9.78 Å². The molecular formula is C20H24N2O4S. The molecule has 2 aromatic rings. The standard InChI is InChI=1S/C20H24N2O4S/c1-4-6-15-16(17(23)26-5-2)27-19(21-15)22-18(24)20(11-12-20)13-7-9-14(25-3)10-8-13/h7-10H,4-6,11-12H2,1-3H3,(H,21,22,24). The molecular weight excluding hydrogens is 364 g/mol. The van der Waals surface area contributed by atoms with Gasteiger partial charge in [-0.05, 0) is 43.9 Å². The highest BCUT2D eigenvalue weighted by Gasteiger charge is 2.51. The van der Waals surface area contributed by atoms with Gasteiger partial charge in [0.05, 0.1) is 24.8 Å². The Bertz CT molecular complexity index is 825. The predicted molar refractivity (Wildman–Crippen MR) is 105 cm³/mol. The number of esters is 1. The van der Waals surface area contributed by atoms with E-state index in [-0.39, 0.29) is 11.9 Å². The number of hydrogen-bond acceptors (Lipinski definition) is 6. The molecule has 0 saturated heterocycles. The number of thiazole rings is 1. The summed E-state index contributed by atoms with van der Waals surface area (Å²) in [7, 11) is 1.62. The first kappa shape index (κ1) is 19.4. The fraction of sp³-hybridized carbons (Fsp3) is 0.450. The Morgan fingerprint density at radius 3 is 2.48 bits per heavy atom. The number of nitrogens with zero attached hydrogens (tertiary/aromatic N) is 1. The van der Waals surface area contributed by atoms with Crippen LogP contribution in [0.15, 0.2) is 24.3 Å². The number of benzene rings is 1. The van der Waals surface area contributed by atoms with E-state index in [1.807, 2.05) is 31.2 Å². The summed E-state index contributed by atoms with van der Waals surface area (Å²) in [6.45, 7) is 4.10. The number of aryl methyl sites for hydroxylation is 1. The zero-order chi connectivity index (χ0) is 19.4. The molecule has 0 bridgehead atoms. The van der Waals surface area contributed by atoms with Gasteiger partial charge in [0.15, 0.2) is 5.13 Å². The van der Waals surface area contributed by atoms with Crippen molar-refractivity contribution in [1.82, 2.24) is 4.98 Å². The summed E-state index contributed by atoms with van der Waals surface area (Å²) in [5, 5.41) is 3.37. The third kappa shape index (κ3) is 3.98. The lowest BCUT2D eigenvalue weighted by molar-refractivity contribution is -0.118. The summed E-state index contributed by atoms with van der Waals surface area (Å²) in [6.07, 6.45) is 3.12. The van der Waals surface area contributed by atoms with Crippen LogP contribution in [0.25, 0.3) is 0 Å². The number of nitrogens with one attached hydrogen (secondary N) is 1. The maximum atomic E-state index is 12.9. The minimum Gasteiger partial charge on any atom is -0.497 e. The predicted octanol–water partition coefficient (Wildman–Crippen LogP) is 3.95. The number of amides is 1. The molecule has 1 aromatic carbocycles. The molecule has 0 atom stereocenters. The maximum absolute atomic E-state index is 12.9. The number of carbonyl (C=O) groups is 2. The third-order valence-electron chi connectivity index (χ3n) is 4.69. The number of carbonyl (C=O) groups excluding carboxylic acids is 2. The molecule has 1 N–H and O–H groups in total. The molecule has 1 amide bonds. The highest BCUT2D eigenvalue weighted by atomic mass is 32.1. The van der Waals surface area contributed by atoms with Gasteiger partial charge in [-0.15, -0.1) is 0 Å². The van der Waals surface area contributed by atoms with Crippen LogP contribution in [0.1, 0.15) is 54.0 Å². The quantitative estimate of drug-likeness (QED) is 0.693. The zero-order valence-corrected chi connectivity index (χ0v) is 16.6. The first-order chi connectivity index (χ1) is 13.0. The first-order valence-corrected chi connectivity index (χ1v) is 9.98. The van der Waals surface area contributed by atoms with E-state index in [0.717, 1.165) is 30.6 Å². The van der Waals surface area contributed by atoms with Crippen molar-refractivity contribution in [3.63, 3.8) is 0 Å². The molecule has 1 fully saturated rings. The summed E-state index contributed by atoms with van der Waals surface area (Å²) < 4.78 is 10.3. The summed E-state index contributed by atoms with van der Waals surface area (Å²) in [5.74, 6) is 0.299. The second kappa shape index (κ2) is 8.08. The molecule has 144 valence electrons. The highest BCUT2D eigenvalue weighted by molar-refractivity contribution is 7.17. The topological polar surface area (TPSA) is 77.5 Å². The Kier molecular flexibility index (Phi) is 5.79. The first-order valence-electron chi connectivity index (χ1n) is 9.17. The fourth-order valence-corrected chi connectivity index (χ4v) is 3.97. The Balaban J connectivity index is 1.79. The van der Waals surface area contributed by atoms with Crippen molar-refractivity contribution in [3.05, 3.63) is 40.4 Å². The Hall–Kier alpha value is -2.41. The molecule has 1 saturated carbocycles. The van der Waals surface area contributed by atoms with Crippen LogP contribution < -0.4 is 10.1 Å². The van der Waals surface area contributed by atoms with Crippen LogP contribution in [0.5, 0.6) is 5.75 Å². The van der Waals surface area contributed by atoms with Crippen molar-refractivity contribution < 1.29 is 19.1 Å².